The number of nitrogen functional groups attached to an aromatic ring is 1. The Morgan fingerprint density at radius 2 is 2.25 bits per heavy atom. The molecule has 0 spiro atoms. The number of anilines is 1. The first-order valence-corrected chi connectivity index (χ1v) is 3.58. The fraction of sp³-hybridized carbons (Fsp3) is 0.143. The SMILES string of the molecule is NCc1cnc2cncn2c1N. The molecule has 0 aromatic carbocycles. The summed E-state index contributed by atoms with van der Waals surface area (Å²) in [5, 5.41) is 0. The summed E-state index contributed by atoms with van der Waals surface area (Å²) < 4.78 is 1.71. The van der Waals surface area contributed by atoms with Crippen molar-refractivity contribution in [2.75, 3.05) is 5.73 Å². The van der Waals surface area contributed by atoms with Crippen LogP contribution < -0.4 is 11.5 Å². The van der Waals surface area contributed by atoms with Crippen LogP contribution in [-0.4, -0.2) is 14.4 Å². The molecule has 0 radical (unpaired) electrons. The van der Waals surface area contributed by atoms with E-state index in [-0.39, 0.29) is 0 Å². The molecule has 0 bridgehead atoms. The van der Waals surface area contributed by atoms with Gasteiger partial charge in [-0.05, 0) is 0 Å². The quantitative estimate of drug-likeness (QED) is 0.608. The summed E-state index contributed by atoms with van der Waals surface area (Å²) in [6.45, 7) is 0.396. The summed E-state index contributed by atoms with van der Waals surface area (Å²) in [7, 11) is 0. The third-order valence-electron chi connectivity index (χ3n) is 1.78. The van der Waals surface area contributed by atoms with Gasteiger partial charge in [-0.15, -0.1) is 0 Å². The van der Waals surface area contributed by atoms with Crippen molar-refractivity contribution in [3.05, 3.63) is 24.3 Å². The molecular formula is C7H9N5. The van der Waals surface area contributed by atoms with Crippen LogP contribution in [0.2, 0.25) is 0 Å². The Bertz CT molecular complexity index is 405. The number of imidazole rings is 1. The van der Waals surface area contributed by atoms with E-state index in [9.17, 15) is 0 Å². The van der Waals surface area contributed by atoms with E-state index < -0.39 is 0 Å². The predicted octanol–water partition coefficient (Wildman–Crippen LogP) is -0.230. The van der Waals surface area contributed by atoms with Crippen molar-refractivity contribution >= 4 is 11.5 Å². The topological polar surface area (TPSA) is 82.2 Å². The van der Waals surface area contributed by atoms with Crippen LogP contribution in [0.4, 0.5) is 5.82 Å². The molecule has 2 aromatic rings. The molecular weight excluding hydrogens is 154 g/mol. The van der Waals surface area contributed by atoms with E-state index in [1.807, 2.05) is 0 Å². The Morgan fingerprint density at radius 3 is 3.00 bits per heavy atom. The smallest absolute Gasteiger partial charge is 0.157 e. The molecule has 12 heavy (non-hydrogen) atoms. The molecule has 2 rings (SSSR count). The number of nitrogens with two attached hydrogens (primary N) is 2. The maximum absolute atomic E-state index is 5.78. The van der Waals surface area contributed by atoms with Crippen LogP contribution in [-0.2, 0) is 6.54 Å². The second-order valence-electron chi connectivity index (χ2n) is 2.49. The zero-order valence-electron chi connectivity index (χ0n) is 6.44. The average Bonchev–Trinajstić information content (AvgIpc) is 2.53. The van der Waals surface area contributed by atoms with Crippen LogP contribution in [0.25, 0.3) is 5.65 Å². The number of aromatic nitrogens is 3. The van der Waals surface area contributed by atoms with Gasteiger partial charge in [0.25, 0.3) is 0 Å². The number of nitrogens with zero attached hydrogens (tertiary/aromatic N) is 3. The molecule has 2 heterocycles. The van der Waals surface area contributed by atoms with E-state index in [2.05, 4.69) is 9.97 Å². The van der Waals surface area contributed by atoms with E-state index in [0.29, 0.717) is 12.4 Å². The van der Waals surface area contributed by atoms with Gasteiger partial charge in [-0.3, -0.25) is 4.40 Å². The number of rotatable bonds is 1. The van der Waals surface area contributed by atoms with Crippen LogP contribution in [0.5, 0.6) is 0 Å². The average molecular weight is 163 g/mol. The van der Waals surface area contributed by atoms with Crippen LogP contribution in [0.15, 0.2) is 18.7 Å². The molecule has 0 aliphatic heterocycles. The van der Waals surface area contributed by atoms with Crippen LogP contribution in [0, 0.1) is 0 Å². The van der Waals surface area contributed by atoms with Crippen molar-refractivity contribution in [3.63, 3.8) is 0 Å². The molecule has 0 saturated heterocycles. The summed E-state index contributed by atoms with van der Waals surface area (Å²) in [5.74, 6) is 0.611. The van der Waals surface area contributed by atoms with Crippen LogP contribution in [0.3, 0.4) is 0 Å². The van der Waals surface area contributed by atoms with Gasteiger partial charge in [-0.1, -0.05) is 0 Å². The van der Waals surface area contributed by atoms with E-state index in [1.54, 1.807) is 23.1 Å². The molecule has 0 amide bonds. The first-order valence-electron chi connectivity index (χ1n) is 3.58. The third-order valence-corrected chi connectivity index (χ3v) is 1.78. The molecule has 2 aromatic heterocycles. The molecule has 5 heteroatoms. The summed E-state index contributed by atoms with van der Waals surface area (Å²) >= 11 is 0. The second-order valence-corrected chi connectivity index (χ2v) is 2.49. The van der Waals surface area contributed by atoms with Crippen molar-refractivity contribution in [3.8, 4) is 0 Å². The zero-order valence-corrected chi connectivity index (χ0v) is 6.44. The summed E-state index contributed by atoms with van der Waals surface area (Å²) in [4.78, 5) is 8.03. The van der Waals surface area contributed by atoms with E-state index >= 15 is 0 Å². The Balaban J connectivity index is 2.78. The van der Waals surface area contributed by atoms with Gasteiger partial charge in [0, 0.05) is 18.3 Å². The Labute approximate surface area is 69.0 Å². The maximum Gasteiger partial charge on any atom is 0.157 e. The Hall–Kier alpha value is -1.62. The minimum atomic E-state index is 0.396. The molecule has 0 aliphatic rings. The van der Waals surface area contributed by atoms with Gasteiger partial charge in [0.15, 0.2) is 5.65 Å². The van der Waals surface area contributed by atoms with Crippen molar-refractivity contribution in [1.29, 1.82) is 0 Å². The minimum Gasteiger partial charge on any atom is -0.384 e. The molecule has 5 nitrogen and oxygen atoms in total. The minimum absolute atomic E-state index is 0.396. The van der Waals surface area contributed by atoms with E-state index in [1.165, 1.54) is 0 Å². The van der Waals surface area contributed by atoms with Gasteiger partial charge in [0.1, 0.15) is 12.1 Å². The standard InChI is InChI=1S/C7H9N5/c8-1-5-2-11-6-3-10-4-12(6)7(5)9/h2-4H,1,8-9H2. The van der Waals surface area contributed by atoms with E-state index in [0.717, 1.165) is 11.2 Å². The highest BCUT2D eigenvalue weighted by atomic mass is 15.1. The van der Waals surface area contributed by atoms with Crippen LogP contribution >= 0.6 is 0 Å². The molecule has 0 saturated carbocycles. The molecule has 0 atom stereocenters. The lowest BCUT2D eigenvalue weighted by Gasteiger charge is -2.03. The monoisotopic (exact) mass is 163 g/mol. The largest absolute Gasteiger partial charge is 0.384 e. The molecule has 4 N–H and O–H groups in total. The first kappa shape index (κ1) is 7.05. The zero-order chi connectivity index (χ0) is 8.55. The summed E-state index contributed by atoms with van der Waals surface area (Å²) in [5.41, 5.74) is 12.8. The summed E-state index contributed by atoms with van der Waals surface area (Å²) in [6, 6.07) is 0. The van der Waals surface area contributed by atoms with Gasteiger partial charge in [-0.2, -0.15) is 0 Å². The molecule has 0 unspecified atom stereocenters. The van der Waals surface area contributed by atoms with Gasteiger partial charge < -0.3 is 11.5 Å². The fourth-order valence-electron chi connectivity index (χ4n) is 1.09. The van der Waals surface area contributed by atoms with Crippen molar-refractivity contribution < 1.29 is 0 Å². The summed E-state index contributed by atoms with van der Waals surface area (Å²) in [6.07, 6.45) is 4.94. The molecule has 0 fully saturated rings. The second kappa shape index (κ2) is 2.46. The number of fused-ring (bicyclic) bond motifs is 1. The maximum atomic E-state index is 5.78. The fourth-order valence-corrected chi connectivity index (χ4v) is 1.09. The Morgan fingerprint density at radius 1 is 1.42 bits per heavy atom. The third kappa shape index (κ3) is 0.835. The lowest BCUT2D eigenvalue weighted by atomic mass is 10.3. The predicted molar refractivity (Wildman–Crippen MR) is 45.3 cm³/mol. The van der Waals surface area contributed by atoms with E-state index in [4.69, 9.17) is 11.5 Å². The molecule has 0 aliphatic carbocycles. The van der Waals surface area contributed by atoms with Gasteiger partial charge in [0.2, 0.25) is 0 Å². The first-order chi connectivity index (χ1) is 5.83. The lowest BCUT2D eigenvalue weighted by molar-refractivity contribution is 1.00. The molecule has 62 valence electrons. The highest BCUT2D eigenvalue weighted by molar-refractivity contribution is 5.49. The highest BCUT2D eigenvalue weighted by Crippen LogP contribution is 2.11. The Kier molecular flexibility index (Phi) is 1.44. The lowest BCUT2D eigenvalue weighted by Crippen LogP contribution is -2.06. The normalized spacial score (nSPS) is 10.8. The number of hydrogen-bond donors (Lipinski definition) is 2. The van der Waals surface area contributed by atoms with Crippen molar-refractivity contribution in [2.45, 2.75) is 6.54 Å². The number of hydrogen-bond acceptors (Lipinski definition) is 4. The van der Waals surface area contributed by atoms with Crippen LogP contribution in [0.1, 0.15) is 5.56 Å². The highest BCUT2D eigenvalue weighted by Gasteiger charge is 2.02. The van der Waals surface area contributed by atoms with Gasteiger partial charge in [-0.25, -0.2) is 9.97 Å². The van der Waals surface area contributed by atoms with Gasteiger partial charge in [0.05, 0.1) is 6.20 Å². The van der Waals surface area contributed by atoms with Crippen molar-refractivity contribution in [1.82, 2.24) is 14.4 Å². The van der Waals surface area contributed by atoms with Crippen molar-refractivity contribution in [2.24, 2.45) is 5.73 Å². The van der Waals surface area contributed by atoms with Gasteiger partial charge >= 0.3 is 0 Å².